The van der Waals surface area contributed by atoms with Crippen molar-refractivity contribution in [3.8, 4) is 22.9 Å². The second-order valence-electron chi connectivity index (χ2n) is 8.14. The summed E-state index contributed by atoms with van der Waals surface area (Å²) < 4.78 is 6.16. The van der Waals surface area contributed by atoms with E-state index in [-0.39, 0.29) is 0 Å². The molecule has 0 saturated heterocycles. The van der Waals surface area contributed by atoms with E-state index in [1.807, 2.05) is 43.3 Å². The number of hydrogen-bond acceptors (Lipinski definition) is 6. The summed E-state index contributed by atoms with van der Waals surface area (Å²) in [5.41, 5.74) is 3.52. The van der Waals surface area contributed by atoms with Crippen LogP contribution in [0.5, 0.6) is 11.6 Å². The monoisotopic (exact) mass is 416 g/mol. The molecule has 1 saturated carbocycles. The molecule has 2 aromatic heterocycles. The van der Waals surface area contributed by atoms with Gasteiger partial charge in [-0.2, -0.15) is 0 Å². The number of Topliss-reactive ketones (excluding diaryl/α,β-unsaturated/α-hetero) is 1. The second kappa shape index (κ2) is 9.69. The van der Waals surface area contributed by atoms with E-state index in [1.54, 1.807) is 19.4 Å². The first kappa shape index (κ1) is 21.0. The highest BCUT2D eigenvalue weighted by atomic mass is 16.5. The van der Waals surface area contributed by atoms with Crippen LogP contribution < -0.4 is 10.1 Å². The van der Waals surface area contributed by atoms with Crippen LogP contribution in [-0.2, 0) is 11.2 Å². The number of nitrogens with one attached hydrogen (secondary N) is 1. The molecular weight excluding hydrogens is 388 g/mol. The topological polar surface area (TPSA) is 77.0 Å². The number of ketones is 1. The van der Waals surface area contributed by atoms with E-state index in [0.717, 1.165) is 28.1 Å². The molecule has 3 aromatic rings. The van der Waals surface area contributed by atoms with Crippen LogP contribution >= 0.6 is 0 Å². The standard InChI is InChI=1S/C25H28N4O2/c1-17-14-19(16-20(30)15-18-6-3-4-7-18)9-10-23(17)31-24-21(8-5-12-27-24)22-11-13-28-25(26-2)29-22/h5,8-14,18H,3-4,6-7,15-16H2,1-2H3,(H,26,28,29). The number of ether oxygens (including phenoxy) is 1. The predicted octanol–water partition coefficient (Wildman–Crippen LogP) is 5.37. The van der Waals surface area contributed by atoms with Gasteiger partial charge in [0.25, 0.3) is 0 Å². The van der Waals surface area contributed by atoms with Crippen molar-refractivity contribution in [3.63, 3.8) is 0 Å². The fourth-order valence-corrected chi connectivity index (χ4v) is 4.17. The van der Waals surface area contributed by atoms with E-state index in [4.69, 9.17) is 4.74 Å². The summed E-state index contributed by atoms with van der Waals surface area (Å²) in [5.74, 6) is 2.65. The van der Waals surface area contributed by atoms with Gasteiger partial charge >= 0.3 is 0 Å². The Morgan fingerprint density at radius 1 is 1.13 bits per heavy atom. The number of benzene rings is 1. The molecule has 0 aliphatic heterocycles. The lowest BCUT2D eigenvalue weighted by molar-refractivity contribution is -0.119. The molecule has 0 atom stereocenters. The largest absolute Gasteiger partial charge is 0.438 e. The van der Waals surface area contributed by atoms with Crippen LogP contribution in [0.4, 0.5) is 5.95 Å². The van der Waals surface area contributed by atoms with E-state index in [0.29, 0.717) is 36.4 Å². The molecule has 160 valence electrons. The summed E-state index contributed by atoms with van der Waals surface area (Å²) in [6, 6.07) is 11.5. The van der Waals surface area contributed by atoms with Gasteiger partial charge in [-0.15, -0.1) is 0 Å². The Morgan fingerprint density at radius 3 is 2.74 bits per heavy atom. The molecule has 0 radical (unpaired) electrons. The van der Waals surface area contributed by atoms with Crippen molar-refractivity contribution in [1.82, 2.24) is 15.0 Å². The molecular formula is C25H28N4O2. The maximum atomic E-state index is 12.5. The Bertz CT molecular complexity index is 1060. The number of anilines is 1. The molecule has 4 rings (SSSR count). The van der Waals surface area contributed by atoms with Crippen molar-refractivity contribution >= 4 is 11.7 Å². The Labute approximate surface area is 183 Å². The summed E-state index contributed by atoms with van der Waals surface area (Å²) in [6.45, 7) is 1.99. The highest BCUT2D eigenvalue weighted by Crippen LogP contribution is 2.33. The van der Waals surface area contributed by atoms with Crippen LogP contribution in [-0.4, -0.2) is 27.8 Å². The molecule has 6 nitrogen and oxygen atoms in total. The number of nitrogens with zero attached hydrogens (tertiary/aromatic N) is 3. The summed E-state index contributed by atoms with van der Waals surface area (Å²) >= 11 is 0. The maximum Gasteiger partial charge on any atom is 0.228 e. The van der Waals surface area contributed by atoms with Gasteiger partial charge in [-0.3, -0.25) is 4.79 Å². The van der Waals surface area contributed by atoms with E-state index in [1.165, 1.54) is 25.7 Å². The van der Waals surface area contributed by atoms with Crippen molar-refractivity contribution in [2.24, 2.45) is 5.92 Å². The average molecular weight is 417 g/mol. The fourth-order valence-electron chi connectivity index (χ4n) is 4.17. The Kier molecular flexibility index (Phi) is 6.55. The molecule has 1 aliphatic carbocycles. The van der Waals surface area contributed by atoms with Gasteiger partial charge in [0.15, 0.2) is 0 Å². The third-order valence-corrected chi connectivity index (χ3v) is 5.76. The predicted molar refractivity (Wildman–Crippen MR) is 121 cm³/mol. The molecule has 1 aromatic carbocycles. The van der Waals surface area contributed by atoms with Gasteiger partial charge in [0, 0.05) is 32.3 Å². The molecule has 1 N–H and O–H groups in total. The molecule has 0 amide bonds. The van der Waals surface area contributed by atoms with E-state index >= 15 is 0 Å². The van der Waals surface area contributed by atoms with E-state index < -0.39 is 0 Å². The summed E-state index contributed by atoms with van der Waals surface area (Å²) in [5, 5.41) is 2.95. The van der Waals surface area contributed by atoms with Crippen molar-refractivity contribution in [2.45, 2.75) is 45.4 Å². The van der Waals surface area contributed by atoms with Gasteiger partial charge in [0.05, 0.1) is 11.3 Å². The van der Waals surface area contributed by atoms with Crippen LogP contribution in [0.2, 0.25) is 0 Å². The third-order valence-electron chi connectivity index (χ3n) is 5.76. The molecule has 2 heterocycles. The zero-order chi connectivity index (χ0) is 21.6. The number of aryl methyl sites for hydroxylation is 1. The molecule has 0 spiro atoms. The van der Waals surface area contributed by atoms with Crippen LogP contribution in [0, 0.1) is 12.8 Å². The Balaban J connectivity index is 1.49. The van der Waals surface area contributed by atoms with Gasteiger partial charge in [-0.05, 0) is 48.2 Å². The van der Waals surface area contributed by atoms with E-state index in [9.17, 15) is 4.79 Å². The lowest BCUT2D eigenvalue weighted by atomic mass is 9.96. The second-order valence-corrected chi connectivity index (χ2v) is 8.14. The summed E-state index contributed by atoms with van der Waals surface area (Å²) in [6.07, 6.45) is 9.53. The lowest BCUT2D eigenvalue weighted by Crippen LogP contribution is -2.08. The minimum Gasteiger partial charge on any atom is -0.438 e. The number of aromatic nitrogens is 3. The Morgan fingerprint density at radius 2 is 1.97 bits per heavy atom. The normalized spacial score (nSPS) is 13.9. The number of carbonyl (C=O) groups excluding carboxylic acids is 1. The van der Waals surface area contributed by atoms with Gasteiger partial charge in [-0.25, -0.2) is 15.0 Å². The van der Waals surface area contributed by atoms with Gasteiger partial charge in [-0.1, -0.05) is 37.8 Å². The molecule has 0 unspecified atom stereocenters. The quantitative estimate of drug-likeness (QED) is 0.532. The SMILES string of the molecule is CNc1nccc(-c2cccnc2Oc2ccc(CC(=O)CC3CCCC3)cc2C)n1. The number of hydrogen-bond donors (Lipinski definition) is 1. The number of pyridine rings is 1. The minimum absolute atomic E-state index is 0.330. The van der Waals surface area contributed by atoms with Gasteiger partial charge < -0.3 is 10.1 Å². The highest BCUT2D eigenvalue weighted by molar-refractivity contribution is 5.81. The fraction of sp³-hybridized carbons (Fsp3) is 0.360. The highest BCUT2D eigenvalue weighted by Gasteiger charge is 2.19. The number of carbonyl (C=O) groups is 1. The van der Waals surface area contributed by atoms with Crippen LogP contribution in [0.3, 0.4) is 0 Å². The van der Waals surface area contributed by atoms with Crippen molar-refractivity contribution < 1.29 is 9.53 Å². The minimum atomic E-state index is 0.330. The number of rotatable bonds is 8. The van der Waals surface area contributed by atoms with Crippen molar-refractivity contribution in [3.05, 3.63) is 59.9 Å². The molecule has 31 heavy (non-hydrogen) atoms. The third kappa shape index (κ3) is 5.26. The molecule has 1 aliphatic rings. The van der Waals surface area contributed by atoms with Crippen molar-refractivity contribution in [2.75, 3.05) is 12.4 Å². The van der Waals surface area contributed by atoms with Gasteiger partial charge in [0.2, 0.25) is 11.8 Å². The molecule has 6 heteroatoms. The first-order chi connectivity index (χ1) is 15.1. The first-order valence-electron chi connectivity index (χ1n) is 10.9. The maximum absolute atomic E-state index is 12.5. The zero-order valence-corrected chi connectivity index (χ0v) is 18.1. The van der Waals surface area contributed by atoms with Crippen molar-refractivity contribution in [1.29, 1.82) is 0 Å². The smallest absolute Gasteiger partial charge is 0.228 e. The molecule has 1 fully saturated rings. The lowest BCUT2D eigenvalue weighted by Gasteiger charge is -2.13. The zero-order valence-electron chi connectivity index (χ0n) is 18.1. The Hall–Kier alpha value is -3.28. The van der Waals surface area contributed by atoms with Crippen LogP contribution in [0.15, 0.2) is 48.8 Å². The molecule has 0 bridgehead atoms. The van der Waals surface area contributed by atoms with Crippen LogP contribution in [0.25, 0.3) is 11.3 Å². The average Bonchev–Trinajstić information content (AvgIpc) is 3.29. The van der Waals surface area contributed by atoms with Crippen LogP contribution in [0.1, 0.15) is 43.2 Å². The first-order valence-corrected chi connectivity index (χ1v) is 10.9. The van der Waals surface area contributed by atoms with Gasteiger partial charge in [0.1, 0.15) is 11.5 Å². The summed E-state index contributed by atoms with van der Waals surface area (Å²) in [4.78, 5) is 25.5. The summed E-state index contributed by atoms with van der Waals surface area (Å²) in [7, 11) is 1.78. The van der Waals surface area contributed by atoms with E-state index in [2.05, 4.69) is 20.3 Å².